The normalized spacial score (nSPS) is 16.8. The lowest BCUT2D eigenvalue weighted by Gasteiger charge is -2.33. The van der Waals surface area contributed by atoms with Gasteiger partial charge in [0.15, 0.2) is 0 Å². The van der Waals surface area contributed by atoms with Crippen molar-refractivity contribution in [1.82, 2.24) is 14.9 Å². The summed E-state index contributed by atoms with van der Waals surface area (Å²) in [5.41, 5.74) is 2.28. The maximum atomic E-state index is 9.75. The zero-order chi connectivity index (χ0) is 16.4. The molecule has 1 fully saturated rings. The quantitative estimate of drug-likeness (QED) is 0.675. The van der Waals surface area contributed by atoms with Crippen molar-refractivity contribution in [1.29, 1.82) is 0 Å². The predicted octanol–water partition coefficient (Wildman–Crippen LogP) is 3.03. The van der Waals surface area contributed by atoms with Gasteiger partial charge in [0, 0.05) is 26.2 Å². The number of likely N-dealkylation sites (N-methyl/N-ethyl adjacent to an activating group) is 1. The van der Waals surface area contributed by atoms with Gasteiger partial charge in [0.25, 0.3) is 0 Å². The summed E-state index contributed by atoms with van der Waals surface area (Å²) in [6.45, 7) is 5.33. The predicted molar refractivity (Wildman–Crippen MR) is 96.4 cm³/mol. The van der Waals surface area contributed by atoms with Crippen LogP contribution in [0.1, 0.15) is 12.5 Å². The first kappa shape index (κ1) is 15.8. The van der Waals surface area contributed by atoms with Gasteiger partial charge >= 0.3 is 0 Å². The molecule has 1 N–H and O–H groups in total. The Morgan fingerprint density at radius 3 is 2.35 bits per heavy atom. The van der Waals surface area contributed by atoms with Gasteiger partial charge in [-0.25, -0.2) is 9.97 Å². The van der Waals surface area contributed by atoms with Crippen molar-refractivity contribution in [3.63, 3.8) is 0 Å². The monoisotopic (exact) mass is 328 g/mol. The van der Waals surface area contributed by atoms with Crippen LogP contribution in [0.15, 0.2) is 30.0 Å². The molecule has 1 saturated heterocycles. The standard InChI is InChI=1S/C17H20N4OS/c1-12(22)11-13-16(21-9-7-20(2)8-10-21)18-14-5-3-4-6-15(14)19-17(13)23/h3-6,11,22H,7-10H2,1-2H3. The zero-order valence-electron chi connectivity index (χ0n) is 13.4. The summed E-state index contributed by atoms with van der Waals surface area (Å²) in [7, 11) is 2.11. The number of rotatable bonds is 2. The minimum atomic E-state index is 0.199. The Balaban J connectivity index is 2.24. The van der Waals surface area contributed by atoms with Gasteiger partial charge in [0.1, 0.15) is 10.5 Å². The summed E-state index contributed by atoms with van der Waals surface area (Å²) >= 11 is 5.50. The number of hydrogen-bond donors (Lipinski definition) is 1. The average molecular weight is 328 g/mol. The molecule has 3 rings (SSSR count). The van der Waals surface area contributed by atoms with Gasteiger partial charge in [-0.15, -0.1) is 0 Å². The second-order valence-electron chi connectivity index (χ2n) is 5.83. The van der Waals surface area contributed by atoms with E-state index in [1.54, 1.807) is 13.0 Å². The summed E-state index contributed by atoms with van der Waals surface area (Å²) in [6, 6.07) is 7.72. The molecule has 1 aliphatic heterocycles. The minimum absolute atomic E-state index is 0.199. The van der Waals surface area contributed by atoms with Crippen LogP contribution >= 0.6 is 12.2 Å². The van der Waals surface area contributed by atoms with Crippen LogP contribution in [0.4, 0.5) is 5.82 Å². The Hall–Kier alpha value is -2.05. The molecular weight excluding hydrogens is 308 g/mol. The van der Waals surface area contributed by atoms with Crippen LogP contribution < -0.4 is 4.90 Å². The third kappa shape index (κ3) is 3.48. The van der Waals surface area contributed by atoms with Crippen LogP contribution in [0, 0.1) is 4.64 Å². The van der Waals surface area contributed by atoms with Crippen LogP contribution in [0.2, 0.25) is 0 Å². The summed E-state index contributed by atoms with van der Waals surface area (Å²) in [4.78, 5) is 13.9. The molecule has 0 bridgehead atoms. The first-order chi connectivity index (χ1) is 11.0. The summed E-state index contributed by atoms with van der Waals surface area (Å²) in [5, 5.41) is 9.75. The van der Waals surface area contributed by atoms with Crippen LogP contribution in [-0.2, 0) is 0 Å². The van der Waals surface area contributed by atoms with Crippen LogP contribution in [0.25, 0.3) is 17.1 Å². The van der Waals surface area contributed by atoms with Gasteiger partial charge in [-0.1, -0.05) is 24.4 Å². The summed E-state index contributed by atoms with van der Waals surface area (Å²) in [5.74, 6) is 0.996. The lowest BCUT2D eigenvalue weighted by molar-refractivity contribution is 0.312. The van der Waals surface area contributed by atoms with E-state index in [9.17, 15) is 5.11 Å². The molecule has 1 aromatic carbocycles. The molecule has 5 nitrogen and oxygen atoms in total. The zero-order valence-corrected chi connectivity index (χ0v) is 14.2. The van der Waals surface area contributed by atoms with E-state index in [2.05, 4.69) is 21.8 Å². The fraction of sp³-hybridized carbons (Fsp3) is 0.353. The highest BCUT2D eigenvalue weighted by Crippen LogP contribution is 2.24. The SMILES string of the molecule is CC(O)=Cc1c(N2CCN(C)CC2)nc2ccccc2nc1=S. The molecule has 1 aliphatic rings. The largest absolute Gasteiger partial charge is 0.513 e. The molecule has 0 radical (unpaired) electrons. The molecule has 0 unspecified atom stereocenters. The van der Waals surface area contributed by atoms with Gasteiger partial charge < -0.3 is 14.9 Å². The third-order valence-corrected chi connectivity index (χ3v) is 4.27. The molecule has 1 aromatic heterocycles. The molecule has 0 spiro atoms. The Morgan fingerprint density at radius 2 is 1.74 bits per heavy atom. The van der Waals surface area contributed by atoms with Crippen molar-refractivity contribution < 1.29 is 5.11 Å². The minimum Gasteiger partial charge on any atom is -0.513 e. The van der Waals surface area contributed by atoms with E-state index in [1.807, 2.05) is 24.3 Å². The lowest BCUT2D eigenvalue weighted by Crippen LogP contribution is -2.45. The number of fused-ring (bicyclic) bond motifs is 1. The van der Waals surface area contributed by atoms with E-state index in [0.29, 0.717) is 10.2 Å². The topological polar surface area (TPSA) is 52.5 Å². The lowest BCUT2D eigenvalue weighted by atomic mass is 10.2. The van der Waals surface area contributed by atoms with Crippen molar-refractivity contribution >= 4 is 35.1 Å². The van der Waals surface area contributed by atoms with Gasteiger partial charge in [0.05, 0.1) is 22.4 Å². The van der Waals surface area contributed by atoms with Crippen molar-refractivity contribution in [3.8, 4) is 0 Å². The number of aliphatic hydroxyl groups is 1. The van der Waals surface area contributed by atoms with E-state index < -0.39 is 0 Å². The molecule has 0 aliphatic carbocycles. The number of benzene rings is 1. The number of aliphatic hydroxyl groups excluding tert-OH is 1. The van der Waals surface area contributed by atoms with Crippen LogP contribution in [-0.4, -0.2) is 53.2 Å². The van der Waals surface area contributed by atoms with Crippen molar-refractivity contribution in [3.05, 3.63) is 40.2 Å². The van der Waals surface area contributed by atoms with Crippen molar-refractivity contribution in [2.24, 2.45) is 0 Å². The summed E-state index contributed by atoms with van der Waals surface area (Å²) in [6.07, 6.45) is 1.66. The maximum absolute atomic E-state index is 9.75. The molecule has 2 heterocycles. The van der Waals surface area contributed by atoms with E-state index in [4.69, 9.17) is 17.2 Å². The first-order valence-electron chi connectivity index (χ1n) is 7.66. The van der Waals surface area contributed by atoms with E-state index in [1.165, 1.54) is 0 Å². The second-order valence-corrected chi connectivity index (χ2v) is 6.22. The van der Waals surface area contributed by atoms with E-state index in [0.717, 1.165) is 43.0 Å². The van der Waals surface area contributed by atoms with Gasteiger partial charge in [0.2, 0.25) is 0 Å². The molecule has 23 heavy (non-hydrogen) atoms. The van der Waals surface area contributed by atoms with E-state index >= 15 is 0 Å². The highest BCUT2D eigenvalue weighted by Gasteiger charge is 2.19. The second kappa shape index (κ2) is 6.60. The number of piperazine rings is 1. The number of nitrogens with zero attached hydrogens (tertiary/aromatic N) is 4. The molecular formula is C17H20N4OS. The molecule has 120 valence electrons. The average Bonchev–Trinajstić information content (AvgIpc) is 2.65. The highest BCUT2D eigenvalue weighted by molar-refractivity contribution is 7.71. The van der Waals surface area contributed by atoms with Crippen LogP contribution in [0.5, 0.6) is 0 Å². The summed E-state index contributed by atoms with van der Waals surface area (Å²) < 4.78 is 0.459. The number of aromatic nitrogens is 2. The Kier molecular flexibility index (Phi) is 4.54. The van der Waals surface area contributed by atoms with Crippen molar-refractivity contribution in [2.45, 2.75) is 6.92 Å². The van der Waals surface area contributed by atoms with Gasteiger partial charge in [-0.05, 0) is 32.2 Å². The molecule has 6 heteroatoms. The maximum Gasteiger partial charge on any atom is 0.139 e. The van der Waals surface area contributed by atoms with E-state index in [-0.39, 0.29) is 5.76 Å². The number of hydrogen-bond acceptors (Lipinski definition) is 6. The third-order valence-electron chi connectivity index (χ3n) is 3.96. The Labute approximate surface area is 140 Å². The smallest absolute Gasteiger partial charge is 0.139 e. The first-order valence-corrected chi connectivity index (χ1v) is 8.07. The van der Waals surface area contributed by atoms with Gasteiger partial charge in [-0.2, -0.15) is 0 Å². The molecule has 0 atom stereocenters. The molecule has 2 aromatic rings. The highest BCUT2D eigenvalue weighted by atomic mass is 32.1. The number of anilines is 1. The fourth-order valence-corrected chi connectivity index (χ4v) is 2.94. The van der Waals surface area contributed by atoms with Crippen molar-refractivity contribution in [2.75, 3.05) is 38.1 Å². The van der Waals surface area contributed by atoms with Crippen LogP contribution in [0.3, 0.4) is 0 Å². The molecule has 0 amide bonds. The number of allylic oxidation sites excluding steroid dienone is 1. The Bertz CT molecular complexity index is 809. The van der Waals surface area contributed by atoms with Gasteiger partial charge in [-0.3, -0.25) is 0 Å². The Morgan fingerprint density at radius 1 is 1.13 bits per heavy atom. The molecule has 0 saturated carbocycles. The fourth-order valence-electron chi connectivity index (χ4n) is 2.69. The number of para-hydroxylation sites is 2.